The van der Waals surface area contributed by atoms with Gasteiger partial charge in [0.2, 0.25) is 5.91 Å². The lowest BCUT2D eigenvalue weighted by Crippen LogP contribution is -2.39. The number of nitrogens with zero attached hydrogens (tertiary/aromatic N) is 1. The van der Waals surface area contributed by atoms with Crippen LogP contribution in [0.15, 0.2) is 48.5 Å². The number of phenolic OH excluding ortho intramolecular Hbond substituents is 1. The van der Waals surface area contributed by atoms with Gasteiger partial charge in [0.15, 0.2) is 0 Å². The Balaban J connectivity index is 1.79. The number of para-hydroxylation sites is 1. The summed E-state index contributed by atoms with van der Waals surface area (Å²) in [6.07, 6.45) is 1.65. The predicted octanol–water partition coefficient (Wildman–Crippen LogP) is 2.79. The second kappa shape index (κ2) is 7.25. The summed E-state index contributed by atoms with van der Waals surface area (Å²) < 4.78 is 4.67. The van der Waals surface area contributed by atoms with Crippen LogP contribution in [0.5, 0.6) is 5.75 Å². The van der Waals surface area contributed by atoms with Crippen molar-refractivity contribution in [3.63, 3.8) is 0 Å². The predicted molar refractivity (Wildman–Crippen MR) is 94.9 cm³/mol. The molecule has 130 valence electrons. The second-order valence-corrected chi connectivity index (χ2v) is 5.90. The number of esters is 1. The third kappa shape index (κ3) is 3.57. The molecule has 1 fully saturated rings. The van der Waals surface area contributed by atoms with Gasteiger partial charge in [0.25, 0.3) is 0 Å². The highest BCUT2D eigenvalue weighted by Crippen LogP contribution is 2.29. The molecule has 3 rings (SSSR count). The lowest BCUT2D eigenvalue weighted by molar-refractivity contribution is -0.117. The Bertz CT molecular complexity index is 776. The Labute approximate surface area is 146 Å². The van der Waals surface area contributed by atoms with Gasteiger partial charge in [-0.2, -0.15) is 0 Å². The number of rotatable bonds is 4. The fraction of sp³-hybridized carbons (Fsp3) is 0.263. The van der Waals surface area contributed by atoms with E-state index in [4.69, 9.17) is 0 Å². The monoisotopic (exact) mass is 340 g/mol. The van der Waals surface area contributed by atoms with E-state index in [9.17, 15) is 14.7 Å². The van der Waals surface area contributed by atoms with Crippen molar-refractivity contribution in [2.75, 3.05) is 23.9 Å². The zero-order valence-electron chi connectivity index (χ0n) is 13.9. The number of carbonyl (C=O) groups excluding carboxylic acids is 2. The lowest BCUT2D eigenvalue weighted by atomic mass is 10.1. The molecule has 1 atom stereocenters. The molecule has 1 heterocycles. The first-order valence-corrected chi connectivity index (χ1v) is 8.14. The molecule has 25 heavy (non-hydrogen) atoms. The molecule has 2 aromatic carbocycles. The maximum absolute atomic E-state index is 12.7. The molecule has 0 aromatic heterocycles. The minimum Gasteiger partial charge on any atom is -0.506 e. The van der Waals surface area contributed by atoms with Crippen LogP contribution in [-0.2, 0) is 9.53 Å². The highest BCUT2D eigenvalue weighted by molar-refractivity contribution is 6.00. The number of ether oxygens (including phenoxy) is 1. The van der Waals surface area contributed by atoms with Crippen molar-refractivity contribution in [1.82, 2.24) is 0 Å². The summed E-state index contributed by atoms with van der Waals surface area (Å²) in [5, 5.41) is 12.7. The Morgan fingerprint density at radius 2 is 1.96 bits per heavy atom. The van der Waals surface area contributed by atoms with E-state index in [2.05, 4.69) is 15.0 Å². The van der Waals surface area contributed by atoms with Gasteiger partial charge in [0.1, 0.15) is 11.8 Å². The number of amides is 1. The maximum Gasteiger partial charge on any atom is 0.337 e. The van der Waals surface area contributed by atoms with Crippen LogP contribution in [0.3, 0.4) is 0 Å². The normalized spacial score (nSPS) is 16.5. The molecule has 0 aliphatic carbocycles. The third-order valence-corrected chi connectivity index (χ3v) is 4.32. The van der Waals surface area contributed by atoms with E-state index >= 15 is 0 Å². The average Bonchev–Trinajstić information content (AvgIpc) is 3.13. The lowest BCUT2D eigenvalue weighted by Gasteiger charge is -2.26. The van der Waals surface area contributed by atoms with Gasteiger partial charge in [0.05, 0.1) is 18.4 Å². The first-order valence-electron chi connectivity index (χ1n) is 8.14. The topological polar surface area (TPSA) is 78.9 Å². The fourth-order valence-corrected chi connectivity index (χ4v) is 3.06. The zero-order valence-corrected chi connectivity index (χ0v) is 13.9. The molecule has 6 nitrogen and oxygen atoms in total. The van der Waals surface area contributed by atoms with Gasteiger partial charge in [-0.05, 0) is 43.2 Å². The molecule has 0 bridgehead atoms. The Morgan fingerprint density at radius 3 is 2.68 bits per heavy atom. The van der Waals surface area contributed by atoms with Crippen LogP contribution in [0.2, 0.25) is 0 Å². The molecule has 1 aliphatic heterocycles. The number of carbonyl (C=O) groups is 2. The van der Waals surface area contributed by atoms with Crippen molar-refractivity contribution >= 4 is 23.3 Å². The molecular formula is C19H20N2O4. The third-order valence-electron chi connectivity index (χ3n) is 4.32. The second-order valence-electron chi connectivity index (χ2n) is 5.90. The van der Waals surface area contributed by atoms with Crippen molar-refractivity contribution in [3.05, 3.63) is 54.1 Å². The highest BCUT2D eigenvalue weighted by Gasteiger charge is 2.31. The van der Waals surface area contributed by atoms with Crippen LogP contribution in [0, 0.1) is 0 Å². The number of phenols is 1. The number of methoxy groups -OCH3 is 1. The van der Waals surface area contributed by atoms with Crippen LogP contribution >= 0.6 is 0 Å². The highest BCUT2D eigenvalue weighted by atomic mass is 16.5. The van der Waals surface area contributed by atoms with Gasteiger partial charge >= 0.3 is 5.97 Å². The molecule has 1 unspecified atom stereocenters. The summed E-state index contributed by atoms with van der Waals surface area (Å²) in [5.74, 6) is -0.828. The first-order chi connectivity index (χ1) is 12.1. The number of aromatic hydroxyl groups is 1. The van der Waals surface area contributed by atoms with Crippen LogP contribution < -0.4 is 10.2 Å². The number of nitrogens with one attached hydrogen (secondary N) is 1. The van der Waals surface area contributed by atoms with Crippen molar-refractivity contribution in [1.29, 1.82) is 0 Å². The zero-order chi connectivity index (χ0) is 17.8. The van der Waals surface area contributed by atoms with Gasteiger partial charge < -0.3 is 20.1 Å². The van der Waals surface area contributed by atoms with E-state index < -0.39 is 5.97 Å². The number of benzene rings is 2. The quantitative estimate of drug-likeness (QED) is 0.661. The minimum absolute atomic E-state index is 0.0924. The van der Waals surface area contributed by atoms with Gasteiger partial charge in [-0.25, -0.2) is 4.79 Å². The van der Waals surface area contributed by atoms with E-state index in [1.165, 1.54) is 25.3 Å². The van der Waals surface area contributed by atoms with E-state index in [0.29, 0.717) is 0 Å². The maximum atomic E-state index is 12.7. The summed E-state index contributed by atoms with van der Waals surface area (Å²) in [5.41, 5.74) is 1.46. The molecular weight excluding hydrogens is 320 g/mol. The van der Waals surface area contributed by atoms with Crippen LogP contribution in [0.1, 0.15) is 23.2 Å². The smallest absolute Gasteiger partial charge is 0.337 e. The molecule has 1 saturated heterocycles. The number of hydrogen-bond donors (Lipinski definition) is 2. The van der Waals surface area contributed by atoms with Crippen LogP contribution in [0.25, 0.3) is 0 Å². The number of anilines is 2. The molecule has 0 saturated carbocycles. The molecule has 6 heteroatoms. The number of hydrogen-bond acceptors (Lipinski definition) is 5. The summed E-state index contributed by atoms with van der Waals surface area (Å²) in [7, 11) is 1.28. The average molecular weight is 340 g/mol. The Hall–Kier alpha value is -3.02. The van der Waals surface area contributed by atoms with Crippen molar-refractivity contribution < 1.29 is 19.4 Å². The Morgan fingerprint density at radius 1 is 1.20 bits per heavy atom. The standard InChI is InChI=1S/C19H20N2O4/c1-25-19(24)13-9-10-17(22)15(12-13)20-18(23)16-8-5-11-21(16)14-6-3-2-4-7-14/h2-4,6-7,9-10,12,16,22H,5,8,11H2,1H3,(H,20,23). The first kappa shape index (κ1) is 16.8. The molecule has 1 aliphatic rings. The molecule has 0 spiro atoms. The largest absolute Gasteiger partial charge is 0.506 e. The summed E-state index contributed by atoms with van der Waals surface area (Å²) in [6, 6.07) is 13.7. The van der Waals surface area contributed by atoms with E-state index in [1.807, 2.05) is 30.3 Å². The van der Waals surface area contributed by atoms with Gasteiger partial charge in [0, 0.05) is 12.2 Å². The minimum atomic E-state index is -0.526. The summed E-state index contributed by atoms with van der Waals surface area (Å²) >= 11 is 0. The van der Waals surface area contributed by atoms with Crippen molar-refractivity contribution in [2.24, 2.45) is 0 Å². The Kier molecular flexibility index (Phi) is 4.88. The van der Waals surface area contributed by atoms with Gasteiger partial charge in [-0.15, -0.1) is 0 Å². The van der Waals surface area contributed by atoms with Crippen LogP contribution in [0.4, 0.5) is 11.4 Å². The molecule has 0 radical (unpaired) electrons. The van der Waals surface area contributed by atoms with E-state index in [1.54, 1.807) is 0 Å². The molecule has 2 N–H and O–H groups in total. The fourth-order valence-electron chi connectivity index (χ4n) is 3.06. The molecule has 2 aromatic rings. The van der Waals surface area contributed by atoms with Crippen LogP contribution in [-0.4, -0.2) is 36.7 Å². The van der Waals surface area contributed by atoms with Gasteiger partial charge in [-0.3, -0.25) is 4.79 Å². The summed E-state index contributed by atoms with van der Waals surface area (Å²) in [6.45, 7) is 0.802. The van der Waals surface area contributed by atoms with Gasteiger partial charge in [-0.1, -0.05) is 18.2 Å². The van der Waals surface area contributed by atoms with Crippen molar-refractivity contribution in [3.8, 4) is 5.75 Å². The SMILES string of the molecule is COC(=O)c1ccc(O)c(NC(=O)C2CCCN2c2ccccc2)c1. The molecule has 1 amide bonds. The van der Waals surface area contributed by atoms with E-state index in [0.717, 1.165) is 25.1 Å². The summed E-state index contributed by atoms with van der Waals surface area (Å²) in [4.78, 5) is 26.4. The van der Waals surface area contributed by atoms with Crippen molar-refractivity contribution in [2.45, 2.75) is 18.9 Å². The van der Waals surface area contributed by atoms with E-state index in [-0.39, 0.29) is 28.9 Å².